The highest BCUT2D eigenvalue weighted by atomic mass is 35.5. The Bertz CT molecular complexity index is 657. The maximum atomic E-state index is 11.6. The van der Waals surface area contributed by atoms with Crippen molar-refractivity contribution < 1.29 is 4.79 Å². The molecule has 0 saturated heterocycles. The van der Waals surface area contributed by atoms with Crippen molar-refractivity contribution in [3.63, 3.8) is 0 Å². The van der Waals surface area contributed by atoms with Crippen molar-refractivity contribution >= 4 is 46.3 Å². The molecule has 0 bridgehead atoms. The van der Waals surface area contributed by atoms with Gasteiger partial charge in [0.1, 0.15) is 0 Å². The third kappa shape index (κ3) is 4.83. The molecule has 0 saturated carbocycles. The Morgan fingerprint density at radius 3 is 2.23 bits per heavy atom. The Morgan fingerprint density at radius 1 is 1.00 bits per heavy atom. The van der Waals surface area contributed by atoms with Crippen LogP contribution in [0.25, 0.3) is 0 Å². The minimum Gasteiger partial charge on any atom is -0.354 e. The molecule has 0 unspecified atom stereocenters. The predicted molar refractivity (Wildman–Crippen MR) is 93.5 cm³/mol. The molecule has 0 radical (unpaired) electrons. The zero-order valence-electron chi connectivity index (χ0n) is 12.3. The average molecular weight is 338 g/mol. The van der Waals surface area contributed by atoms with Crippen LogP contribution in [-0.4, -0.2) is 12.1 Å². The molecule has 6 heteroatoms. The maximum Gasteiger partial charge on any atom is 0.319 e. The number of carbonyl (C=O) groups is 1. The summed E-state index contributed by atoms with van der Waals surface area (Å²) in [7, 11) is 0. The van der Waals surface area contributed by atoms with Crippen molar-refractivity contribution in [3.8, 4) is 0 Å². The van der Waals surface area contributed by atoms with Crippen LogP contribution in [0.4, 0.5) is 21.9 Å². The number of benzene rings is 2. The van der Waals surface area contributed by atoms with Gasteiger partial charge in [-0.2, -0.15) is 0 Å². The largest absolute Gasteiger partial charge is 0.354 e. The highest BCUT2D eigenvalue weighted by Crippen LogP contribution is 2.28. The number of urea groups is 1. The van der Waals surface area contributed by atoms with E-state index in [-0.39, 0.29) is 12.1 Å². The number of anilines is 3. The van der Waals surface area contributed by atoms with Gasteiger partial charge in [0.15, 0.2) is 0 Å². The van der Waals surface area contributed by atoms with Crippen molar-refractivity contribution in [1.29, 1.82) is 0 Å². The first kappa shape index (κ1) is 16.5. The van der Waals surface area contributed by atoms with Crippen molar-refractivity contribution in [3.05, 3.63) is 52.5 Å². The first-order chi connectivity index (χ1) is 10.4. The van der Waals surface area contributed by atoms with Gasteiger partial charge in [0.25, 0.3) is 0 Å². The number of carbonyl (C=O) groups excluding carboxylic acids is 1. The van der Waals surface area contributed by atoms with Crippen LogP contribution >= 0.6 is 23.2 Å². The molecular formula is C16H17Cl2N3O. The van der Waals surface area contributed by atoms with E-state index in [2.05, 4.69) is 16.0 Å². The van der Waals surface area contributed by atoms with Gasteiger partial charge in [-0.3, -0.25) is 0 Å². The van der Waals surface area contributed by atoms with Crippen LogP contribution in [0.5, 0.6) is 0 Å². The number of hydrogen-bond donors (Lipinski definition) is 3. The monoisotopic (exact) mass is 337 g/mol. The summed E-state index contributed by atoms with van der Waals surface area (Å²) in [6.45, 7) is 3.81. The number of amides is 2. The van der Waals surface area contributed by atoms with E-state index in [0.29, 0.717) is 15.7 Å². The molecule has 116 valence electrons. The molecule has 2 rings (SSSR count). The van der Waals surface area contributed by atoms with Crippen LogP contribution in [0.15, 0.2) is 42.5 Å². The normalized spacial score (nSPS) is 10.4. The molecule has 0 aliphatic carbocycles. The third-order valence-electron chi connectivity index (χ3n) is 2.77. The Morgan fingerprint density at radius 2 is 1.64 bits per heavy atom. The fraction of sp³-hybridized carbons (Fsp3) is 0.188. The van der Waals surface area contributed by atoms with Gasteiger partial charge in [-0.15, -0.1) is 0 Å². The Balaban J connectivity index is 2.01. The quantitative estimate of drug-likeness (QED) is 0.712. The summed E-state index contributed by atoms with van der Waals surface area (Å²) in [5.41, 5.74) is 2.34. The minimum absolute atomic E-state index is 0.0907. The van der Waals surface area contributed by atoms with Gasteiger partial charge < -0.3 is 16.0 Å². The molecule has 0 spiro atoms. The van der Waals surface area contributed by atoms with Crippen LogP contribution in [0.3, 0.4) is 0 Å². The second-order valence-electron chi connectivity index (χ2n) is 5.08. The smallest absolute Gasteiger partial charge is 0.319 e. The first-order valence-electron chi connectivity index (χ1n) is 6.83. The lowest BCUT2D eigenvalue weighted by Gasteiger charge is -2.12. The maximum absolute atomic E-state index is 11.6. The van der Waals surface area contributed by atoms with E-state index in [0.717, 1.165) is 11.4 Å². The molecule has 2 aromatic rings. The average Bonchev–Trinajstić information content (AvgIpc) is 2.43. The van der Waals surface area contributed by atoms with Crippen molar-refractivity contribution in [1.82, 2.24) is 5.32 Å². The predicted octanol–water partition coefficient (Wildman–Crippen LogP) is 5.27. The van der Waals surface area contributed by atoms with Crippen LogP contribution in [0.1, 0.15) is 13.8 Å². The highest BCUT2D eigenvalue weighted by molar-refractivity contribution is 6.36. The van der Waals surface area contributed by atoms with E-state index in [9.17, 15) is 4.79 Å². The molecule has 22 heavy (non-hydrogen) atoms. The molecular weight excluding hydrogens is 321 g/mol. The number of rotatable bonds is 4. The van der Waals surface area contributed by atoms with Crippen LogP contribution in [0.2, 0.25) is 10.0 Å². The number of hydrogen-bond acceptors (Lipinski definition) is 2. The van der Waals surface area contributed by atoms with E-state index < -0.39 is 0 Å². The molecule has 0 aliphatic rings. The second kappa shape index (κ2) is 7.38. The summed E-state index contributed by atoms with van der Waals surface area (Å²) < 4.78 is 0. The summed E-state index contributed by atoms with van der Waals surface area (Å²) in [6.07, 6.45) is 0. The molecule has 0 fully saturated rings. The van der Waals surface area contributed by atoms with E-state index in [1.807, 2.05) is 44.2 Å². The minimum atomic E-state index is -0.226. The fourth-order valence-corrected chi connectivity index (χ4v) is 2.27. The van der Waals surface area contributed by atoms with Gasteiger partial charge in [-0.25, -0.2) is 4.79 Å². The Kier molecular flexibility index (Phi) is 5.52. The molecule has 0 aliphatic heterocycles. The zero-order chi connectivity index (χ0) is 16.1. The van der Waals surface area contributed by atoms with Crippen molar-refractivity contribution in [2.24, 2.45) is 0 Å². The van der Waals surface area contributed by atoms with E-state index >= 15 is 0 Å². The first-order valence-corrected chi connectivity index (χ1v) is 7.59. The molecule has 2 aromatic carbocycles. The molecule has 2 amide bonds. The third-order valence-corrected chi connectivity index (χ3v) is 3.32. The second-order valence-corrected chi connectivity index (χ2v) is 5.92. The lowest BCUT2D eigenvalue weighted by Crippen LogP contribution is -2.34. The summed E-state index contributed by atoms with van der Waals surface area (Å²) in [5, 5.41) is 9.85. The van der Waals surface area contributed by atoms with Gasteiger partial charge in [0.05, 0.1) is 10.7 Å². The molecule has 0 aromatic heterocycles. The van der Waals surface area contributed by atoms with E-state index in [1.54, 1.807) is 12.1 Å². The zero-order valence-corrected chi connectivity index (χ0v) is 13.8. The molecule has 3 N–H and O–H groups in total. The van der Waals surface area contributed by atoms with Gasteiger partial charge in [0, 0.05) is 22.4 Å². The fourth-order valence-electron chi connectivity index (χ4n) is 1.81. The lowest BCUT2D eigenvalue weighted by atomic mass is 10.2. The summed E-state index contributed by atoms with van der Waals surface area (Å²) >= 11 is 12.0. The van der Waals surface area contributed by atoms with E-state index in [4.69, 9.17) is 23.2 Å². The molecule has 4 nitrogen and oxygen atoms in total. The van der Waals surface area contributed by atoms with E-state index in [1.165, 1.54) is 0 Å². The summed E-state index contributed by atoms with van der Waals surface area (Å²) in [6, 6.07) is 12.5. The standard InChI is InChI=1S/C16H17Cl2N3O/c1-10(2)19-16(22)21-13-6-4-12(5-7-13)20-15-8-3-11(17)9-14(15)18/h3-10,20H,1-2H3,(H2,19,21,22). The lowest BCUT2D eigenvalue weighted by molar-refractivity contribution is 0.250. The van der Waals surface area contributed by atoms with Crippen LogP contribution < -0.4 is 16.0 Å². The van der Waals surface area contributed by atoms with Gasteiger partial charge in [-0.05, 0) is 56.3 Å². The van der Waals surface area contributed by atoms with Crippen molar-refractivity contribution in [2.45, 2.75) is 19.9 Å². The van der Waals surface area contributed by atoms with Gasteiger partial charge in [-0.1, -0.05) is 23.2 Å². The van der Waals surface area contributed by atoms with Crippen LogP contribution in [0, 0.1) is 0 Å². The Labute approximate surface area is 139 Å². The summed E-state index contributed by atoms with van der Waals surface area (Å²) in [5.74, 6) is 0. The Hall–Kier alpha value is -1.91. The summed E-state index contributed by atoms with van der Waals surface area (Å²) in [4.78, 5) is 11.6. The van der Waals surface area contributed by atoms with Gasteiger partial charge in [0.2, 0.25) is 0 Å². The van der Waals surface area contributed by atoms with Crippen molar-refractivity contribution in [2.75, 3.05) is 10.6 Å². The SMILES string of the molecule is CC(C)NC(=O)Nc1ccc(Nc2ccc(Cl)cc2Cl)cc1. The molecule has 0 atom stereocenters. The highest BCUT2D eigenvalue weighted by Gasteiger charge is 2.04. The molecule has 0 heterocycles. The number of nitrogens with one attached hydrogen (secondary N) is 3. The topological polar surface area (TPSA) is 53.2 Å². The van der Waals surface area contributed by atoms with Crippen LogP contribution in [-0.2, 0) is 0 Å². The number of halogens is 2. The van der Waals surface area contributed by atoms with Gasteiger partial charge >= 0.3 is 6.03 Å².